The minimum atomic E-state index is -0.901. The third-order valence-corrected chi connectivity index (χ3v) is 1.89. The molecule has 0 aliphatic rings. The van der Waals surface area contributed by atoms with Gasteiger partial charge in [-0.25, -0.2) is 8.78 Å². The number of rotatable bonds is 2. The molecular weight excluding hydrogens is 230 g/mol. The van der Waals surface area contributed by atoms with E-state index in [-0.39, 0.29) is 0 Å². The van der Waals surface area contributed by atoms with Crippen molar-refractivity contribution in [1.29, 1.82) is 0 Å². The average Bonchev–Trinajstić information content (AvgIpc) is 2.01. The van der Waals surface area contributed by atoms with E-state index in [0.717, 1.165) is 12.1 Å². The summed E-state index contributed by atoms with van der Waals surface area (Å²) in [6, 6.07) is 2.06. The van der Waals surface area contributed by atoms with E-state index in [1.807, 2.05) is 0 Å². The fourth-order valence-corrected chi connectivity index (χ4v) is 1.20. The maximum Gasteiger partial charge on any atom is 0.162 e. The first-order chi connectivity index (χ1) is 5.65. The zero-order valence-electron chi connectivity index (χ0n) is 6.40. The molecule has 0 aliphatic carbocycles. The Morgan fingerprint density at radius 3 is 2.50 bits per heavy atom. The zero-order valence-corrected chi connectivity index (χ0v) is 7.99. The first-order valence-corrected chi connectivity index (χ1v) is 4.21. The summed E-state index contributed by atoms with van der Waals surface area (Å²) in [5.74, 6) is -1.47. The van der Waals surface area contributed by atoms with Gasteiger partial charge in [0, 0.05) is 6.07 Å². The third kappa shape index (κ3) is 1.94. The highest BCUT2D eigenvalue weighted by molar-refractivity contribution is 9.10. The molecule has 66 valence electrons. The van der Waals surface area contributed by atoms with Gasteiger partial charge in [-0.3, -0.25) is 0 Å². The SMILES string of the molecule is CCOc1cc(F)c(F)cc1Br. The van der Waals surface area contributed by atoms with Gasteiger partial charge < -0.3 is 4.74 Å². The quantitative estimate of drug-likeness (QED) is 0.718. The number of benzene rings is 1. The molecule has 0 saturated carbocycles. The van der Waals surface area contributed by atoms with E-state index in [0.29, 0.717) is 16.8 Å². The van der Waals surface area contributed by atoms with Crippen molar-refractivity contribution in [3.63, 3.8) is 0 Å². The van der Waals surface area contributed by atoms with Crippen molar-refractivity contribution >= 4 is 15.9 Å². The Hall–Kier alpha value is -0.640. The molecule has 4 heteroatoms. The summed E-state index contributed by atoms with van der Waals surface area (Å²) < 4.78 is 30.6. The van der Waals surface area contributed by atoms with Crippen LogP contribution in [0.2, 0.25) is 0 Å². The Balaban J connectivity index is 3.05. The molecule has 1 rings (SSSR count). The van der Waals surface area contributed by atoms with Crippen molar-refractivity contribution in [3.8, 4) is 5.75 Å². The van der Waals surface area contributed by atoms with Gasteiger partial charge >= 0.3 is 0 Å². The number of ether oxygens (including phenoxy) is 1. The van der Waals surface area contributed by atoms with Crippen molar-refractivity contribution in [2.75, 3.05) is 6.61 Å². The van der Waals surface area contributed by atoms with Gasteiger partial charge in [0.15, 0.2) is 11.6 Å². The number of hydrogen-bond donors (Lipinski definition) is 0. The first-order valence-electron chi connectivity index (χ1n) is 3.42. The van der Waals surface area contributed by atoms with Gasteiger partial charge in [0.25, 0.3) is 0 Å². The van der Waals surface area contributed by atoms with E-state index < -0.39 is 11.6 Å². The summed E-state index contributed by atoms with van der Waals surface area (Å²) in [6.45, 7) is 2.19. The van der Waals surface area contributed by atoms with Gasteiger partial charge in [-0.15, -0.1) is 0 Å². The van der Waals surface area contributed by atoms with Gasteiger partial charge in [-0.05, 0) is 28.9 Å². The number of hydrogen-bond acceptors (Lipinski definition) is 1. The van der Waals surface area contributed by atoms with Crippen LogP contribution in [0.5, 0.6) is 5.75 Å². The Morgan fingerprint density at radius 2 is 1.92 bits per heavy atom. The fraction of sp³-hybridized carbons (Fsp3) is 0.250. The molecule has 0 N–H and O–H groups in total. The highest BCUT2D eigenvalue weighted by atomic mass is 79.9. The van der Waals surface area contributed by atoms with Gasteiger partial charge in [0.2, 0.25) is 0 Å². The summed E-state index contributed by atoms with van der Waals surface area (Å²) in [5.41, 5.74) is 0. The van der Waals surface area contributed by atoms with E-state index in [9.17, 15) is 8.78 Å². The van der Waals surface area contributed by atoms with Crippen LogP contribution in [0.25, 0.3) is 0 Å². The normalized spacial score (nSPS) is 10.0. The van der Waals surface area contributed by atoms with Crippen LogP contribution >= 0.6 is 15.9 Å². The number of halogens is 3. The third-order valence-electron chi connectivity index (χ3n) is 1.27. The second-order valence-electron chi connectivity index (χ2n) is 2.13. The smallest absolute Gasteiger partial charge is 0.162 e. The van der Waals surface area contributed by atoms with Crippen LogP contribution in [0, 0.1) is 11.6 Å². The minimum Gasteiger partial charge on any atom is -0.493 e. The highest BCUT2D eigenvalue weighted by Crippen LogP contribution is 2.27. The molecule has 0 aliphatic heterocycles. The second kappa shape index (κ2) is 3.85. The molecule has 12 heavy (non-hydrogen) atoms. The van der Waals surface area contributed by atoms with E-state index in [1.165, 1.54) is 0 Å². The van der Waals surface area contributed by atoms with E-state index >= 15 is 0 Å². The van der Waals surface area contributed by atoms with Gasteiger partial charge in [-0.1, -0.05) is 0 Å². The predicted molar refractivity (Wildman–Crippen MR) is 45.2 cm³/mol. The lowest BCUT2D eigenvalue weighted by atomic mass is 10.3. The lowest BCUT2D eigenvalue weighted by molar-refractivity contribution is 0.334. The van der Waals surface area contributed by atoms with Crippen LogP contribution in [-0.2, 0) is 0 Å². The average molecular weight is 237 g/mol. The highest BCUT2D eigenvalue weighted by Gasteiger charge is 2.07. The maximum absolute atomic E-state index is 12.6. The molecular formula is C8H7BrF2O. The monoisotopic (exact) mass is 236 g/mol. The molecule has 0 amide bonds. The molecule has 0 saturated heterocycles. The topological polar surface area (TPSA) is 9.23 Å². The standard InChI is InChI=1S/C8H7BrF2O/c1-2-12-8-4-7(11)6(10)3-5(8)9/h3-4H,2H2,1H3. The van der Waals surface area contributed by atoms with Crippen molar-refractivity contribution < 1.29 is 13.5 Å². The zero-order chi connectivity index (χ0) is 9.14. The summed E-state index contributed by atoms with van der Waals surface area (Å²) >= 11 is 3.05. The van der Waals surface area contributed by atoms with Crippen molar-refractivity contribution in [2.24, 2.45) is 0 Å². The molecule has 1 aromatic carbocycles. The van der Waals surface area contributed by atoms with E-state index in [1.54, 1.807) is 6.92 Å². The van der Waals surface area contributed by atoms with Crippen molar-refractivity contribution in [2.45, 2.75) is 6.92 Å². The fourth-order valence-electron chi connectivity index (χ4n) is 0.770. The van der Waals surface area contributed by atoms with Gasteiger partial charge in [0.05, 0.1) is 11.1 Å². The Bertz CT molecular complexity index is 289. The molecule has 0 radical (unpaired) electrons. The second-order valence-corrected chi connectivity index (χ2v) is 2.98. The lowest BCUT2D eigenvalue weighted by Crippen LogP contribution is -1.94. The molecule has 0 unspecified atom stereocenters. The van der Waals surface area contributed by atoms with Crippen LogP contribution in [-0.4, -0.2) is 6.61 Å². The predicted octanol–water partition coefficient (Wildman–Crippen LogP) is 3.13. The Morgan fingerprint density at radius 1 is 1.33 bits per heavy atom. The summed E-state index contributed by atoms with van der Waals surface area (Å²) in [7, 11) is 0. The molecule has 0 atom stereocenters. The maximum atomic E-state index is 12.6. The van der Waals surface area contributed by atoms with Crippen LogP contribution in [0.15, 0.2) is 16.6 Å². The van der Waals surface area contributed by atoms with Crippen molar-refractivity contribution in [3.05, 3.63) is 28.2 Å². The Labute approximate surface area is 77.5 Å². The van der Waals surface area contributed by atoms with Crippen LogP contribution in [0.1, 0.15) is 6.92 Å². The minimum absolute atomic E-state index is 0.316. The molecule has 0 heterocycles. The first kappa shape index (κ1) is 9.45. The van der Waals surface area contributed by atoms with Crippen LogP contribution < -0.4 is 4.74 Å². The molecule has 0 aromatic heterocycles. The van der Waals surface area contributed by atoms with E-state index in [4.69, 9.17) is 4.74 Å². The molecule has 0 bridgehead atoms. The van der Waals surface area contributed by atoms with Crippen LogP contribution in [0.3, 0.4) is 0 Å². The van der Waals surface area contributed by atoms with Crippen LogP contribution in [0.4, 0.5) is 8.78 Å². The lowest BCUT2D eigenvalue weighted by Gasteiger charge is -2.05. The van der Waals surface area contributed by atoms with Gasteiger partial charge in [0.1, 0.15) is 5.75 Å². The molecule has 1 aromatic rings. The molecule has 0 spiro atoms. The summed E-state index contributed by atoms with van der Waals surface area (Å²) in [6.07, 6.45) is 0. The molecule has 0 fully saturated rings. The Kier molecular flexibility index (Phi) is 3.03. The van der Waals surface area contributed by atoms with Crippen molar-refractivity contribution in [1.82, 2.24) is 0 Å². The molecule has 1 nitrogen and oxygen atoms in total. The summed E-state index contributed by atoms with van der Waals surface area (Å²) in [5, 5.41) is 0. The van der Waals surface area contributed by atoms with Gasteiger partial charge in [-0.2, -0.15) is 0 Å². The largest absolute Gasteiger partial charge is 0.493 e. The van der Waals surface area contributed by atoms with E-state index in [2.05, 4.69) is 15.9 Å². The summed E-state index contributed by atoms with van der Waals surface area (Å²) in [4.78, 5) is 0.